The molecule has 0 bridgehead atoms. The van der Waals surface area contributed by atoms with Crippen LogP contribution in [0, 0.1) is 5.92 Å². The minimum Gasteiger partial charge on any atom is -0.342 e. The molecule has 1 saturated heterocycles. The number of hydrogen-bond acceptors (Lipinski definition) is 3. The Morgan fingerprint density at radius 3 is 2.52 bits per heavy atom. The van der Waals surface area contributed by atoms with Gasteiger partial charge in [0.05, 0.1) is 12.2 Å². The third kappa shape index (κ3) is 4.06. The first kappa shape index (κ1) is 16.0. The lowest BCUT2D eigenvalue weighted by Crippen LogP contribution is -2.40. The first-order chi connectivity index (χ1) is 10.1. The number of amides is 1. The first-order valence-corrected chi connectivity index (χ1v) is 8.13. The van der Waals surface area contributed by atoms with Crippen molar-refractivity contribution in [1.29, 1.82) is 0 Å². The van der Waals surface area contributed by atoms with Crippen molar-refractivity contribution < 1.29 is 4.79 Å². The van der Waals surface area contributed by atoms with Crippen LogP contribution in [0.1, 0.15) is 51.3 Å². The zero-order chi connectivity index (χ0) is 15.2. The van der Waals surface area contributed by atoms with E-state index in [0.29, 0.717) is 19.0 Å². The molecule has 1 atom stereocenters. The number of nitrogens with zero attached hydrogens (tertiary/aromatic N) is 3. The second-order valence-electron chi connectivity index (χ2n) is 6.26. The Morgan fingerprint density at radius 2 is 1.95 bits per heavy atom. The van der Waals surface area contributed by atoms with Crippen molar-refractivity contribution in [2.75, 3.05) is 19.6 Å². The van der Waals surface area contributed by atoms with Crippen molar-refractivity contribution in [3.05, 3.63) is 18.2 Å². The lowest BCUT2D eigenvalue weighted by Gasteiger charge is -2.26. The van der Waals surface area contributed by atoms with Gasteiger partial charge < -0.3 is 15.2 Å². The molecule has 1 aromatic heterocycles. The fourth-order valence-corrected chi connectivity index (χ4v) is 3.03. The van der Waals surface area contributed by atoms with Gasteiger partial charge in [-0.1, -0.05) is 12.8 Å². The molecule has 1 fully saturated rings. The van der Waals surface area contributed by atoms with Crippen LogP contribution < -0.4 is 5.73 Å². The number of carbonyl (C=O) groups is 1. The number of hydrogen-bond donors (Lipinski definition) is 1. The monoisotopic (exact) mass is 292 g/mol. The molecule has 1 aliphatic rings. The highest BCUT2D eigenvalue weighted by Gasteiger charge is 2.25. The molecule has 2 N–H and O–H groups in total. The summed E-state index contributed by atoms with van der Waals surface area (Å²) in [4.78, 5) is 18.9. The van der Waals surface area contributed by atoms with Gasteiger partial charge in [-0.15, -0.1) is 0 Å². The fraction of sp³-hybridized carbons (Fsp3) is 0.750. The Labute approximate surface area is 127 Å². The maximum Gasteiger partial charge on any atom is 0.227 e. The number of aromatic nitrogens is 2. The van der Waals surface area contributed by atoms with E-state index in [1.165, 1.54) is 12.8 Å². The van der Waals surface area contributed by atoms with Crippen LogP contribution in [0.3, 0.4) is 0 Å². The van der Waals surface area contributed by atoms with Crippen LogP contribution in [0.2, 0.25) is 0 Å². The Morgan fingerprint density at radius 1 is 1.29 bits per heavy atom. The average Bonchev–Trinajstić information content (AvgIpc) is 2.77. The molecule has 0 saturated carbocycles. The molecule has 0 spiro atoms. The molecule has 0 radical (unpaired) electrons. The van der Waals surface area contributed by atoms with Crippen molar-refractivity contribution >= 4 is 5.91 Å². The molecule has 0 aromatic carbocycles. The third-order valence-electron chi connectivity index (χ3n) is 4.31. The van der Waals surface area contributed by atoms with E-state index >= 15 is 0 Å². The quantitative estimate of drug-likeness (QED) is 0.902. The number of carbonyl (C=O) groups excluding carboxylic acids is 1. The van der Waals surface area contributed by atoms with Crippen molar-refractivity contribution in [1.82, 2.24) is 14.5 Å². The summed E-state index contributed by atoms with van der Waals surface area (Å²) in [6.45, 7) is 6.43. The van der Waals surface area contributed by atoms with Gasteiger partial charge >= 0.3 is 0 Å². The van der Waals surface area contributed by atoms with Crippen LogP contribution in [0.5, 0.6) is 0 Å². The topological polar surface area (TPSA) is 64.2 Å². The maximum absolute atomic E-state index is 12.7. The molecule has 1 amide bonds. The van der Waals surface area contributed by atoms with Gasteiger partial charge in [-0.3, -0.25) is 4.79 Å². The molecule has 118 valence electrons. The first-order valence-electron chi connectivity index (χ1n) is 8.13. The smallest absolute Gasteiger partial charge is 0.227 e. The predicted molar refractivity (Wildman–Crippen MR) is 83.9 cm³/mol. The highest BCUT2D eigenvalue weighted by molar-refractivity contribution is 5.79. The minimum absolute atomic E-state index is 0.128. The van der Waals surface area contributed by atoms with Crippen LogP contribution in [0.4, 0.5) is 0 Å². The molecule has 1 aromatic rings. The molecule has 2 heterocycles. The van der Waals surface area contributed by atoms with E-state index in [0.717, 1.165) is 31.6 Å². The molecular weight excluding hydrogens is 264 g/mol. The lowest BCUT2D eigenvalue weighted by molar-refractivity contribution is -0.135. The number of nitrogens with two attached hydrogens (primary N) is 1. The van der Waals surface area contributed by atoms with Crippen LogP contribution in [-0.2, 0) is 11.2 Å². The molecule has 1 unspecified atom stereocenters. The summed E-state index contributed by atoms with van der Waals surface area (Å²) in [6.07, 6.45) is 9.08. The van der Waals surface area contributed by atoms with E-state index in [2.05, 4.69) is 23.4 Å². The summed E-state index contributed by atoms with van der Waals surface area (Å²) in [5.41, 5.74) is 6.99. The average molecular weight is 292 g/mol. The van der Waals surface area contributed by atoms with E-state index in [-0.39, 0.29) is 11.8 Å². The third-order valence-corrected chi connectivity index (χ3v) is 4.31. The van der Waals surface area contributed by atoms with Gasteiger partial charge in [0.25, 0.3) is 0 Å². The highest BCUT2D eigenvalue weighted by Crippen LogP contribution is 2.17. The number of rotatable bonds is 5. The highest BCUT2D eigenvalue weighted by atomic mass is 16.2. The molecular formula is C16H28N4O. The van der Waals surface area contributed by atoms with Gasteiger partial charge in [0.1, 0.15) is 0 Å². The summed E-state index contributed by atoms with van der Waals surface area (Å²) >= 11 is 0. The van der Waals surface area contributed by atoms with Crippen molar-refractivity contribution in [3.63, 3.8) is 0 Å². The van der Waals surface area contributed by atoms with Crippen LogP contribution >= 0.6 is 0 Å². The molecule has 0 aliphatic carbocycles. The van der Waals surface area contributed by atoms with E-state index in [9.17, 15) is 4.79 Å². The van der Waals surface area contributed by atoms with Gasteiger partial charge in [0.2, 0.25) is 5.91 Å². The zero-order valence-corrected chi connectivity index (χ0v) is 13.3. The summed E-state index contributed by atoms with van der Waals surface area (Å²) in [7, 11) is 0. The normalized spacial score (nSPS) is 17.8. The fourth-order valence-electron chi connectivity index (χ4n) is 3.03. The van der Waals surface area contributed by atoms with Crippen LogP contribution in [0.15, 0.2) is 12.5 Å². The van der Waals surface area contributed by atoms with Crippen molar-refractivity contribution in [3.8, 4) is 0 Å². The number of likely N-dealkylation sites (tertiary alicyclic amines) is 1. The van der Waals surface area contributed by atoms with Gasteiger partial charge in [-0.25, -0.2) is 4.98 Å². The van der Waals surface area contributed by atoms with E-state index in [1.807, 2.05) is 17.4 Å². The van der Waals surface area contributed by atoms with E-state index in [1.54, 1.807) is 0 Å². The Balaban J connectivity index is 2.04. The second kappa shape index (κ2) is 7.59. The Hall–Kier alpha value is -1.36. The SMILES string of the molecule is CC(C)n1cncc1CC(CN)C(=O)N1CCCCCC1. The summed E-state index contributed by atoms with van der Waals surface area (Å²) in [5.74, 6) is 0.0909. The van der Waals surface area contributed by atoms with E-state index < -0.39 is 0 Å². The molecule has 21 heavy (non-hydrogen) atoms. The molecule has 5 nitrogen and oxygen atoms in total. The summed E-state index contributed by atoms with van der Waals surface area (Å²) in [6, 6.07) is 0.356. The largest absolute Gasteiger partial charge is 0.342 e. The molecule has 2 rings (SSSR count). The standard InChI is InChI=1S/C16H28N4O/c1-13(2)20-12-18-11-15(20)9-14(10-17)16(21)19-7-5-3-4-6-8-19/h11-14H,3-10,17H2,1-2H3. The van der Waals surface area contributed by atoms with Crippen molar-refractivity contribution in [2.45, 2.75) is 52.0 Å². The maximum atomic E-state index is 12.7. The van der Waals surface area contributed by atoms with Gasteiger partial charge in [-0.2, -0.15) is 0 Å². The van der Waals surface area contributed by atoms with Gasteiger partial charge in [-0.05, 0) is 26.7 Å². The number of imidazole rings is 1. The van der Waals surface area contributed by atoms with Crippen molar-refractivity contribution in [2.24, 2.45) is 11.7 Å². The van der Waals surface area contributed by atoms with Crippen LogP contribution in [0.25, 0.3) is 0 Å². The molecule has 1 aliphatic heterocycles. The minimum atomic E-state index is -0.128. The Bertz CT molecular complexity index is 447. The summed E-state index contributed by atoms with van der Waals surface area (Å²) < 4.78 is 2.12. The summed E-state index contributed by atoms with van der Waals surface area (Å²) in [5, 5.41) is 0. The Kier molecular flexibility index (Phi) is 5.79. The zero-order valence-electron chi connectivity index (χ0n) is 13.3. The predicted octanol–water partition coefficient (Wildman–Crippen LogP) is 1.98. The van der Waals surface area contributed by atoms with Gasteiger partial charge in [0, 0.05) is 44.0 Å². The molecule has 5 heteroatoms. The van der Waals surface area contributed by atoms with Gasteiger partial charge in [0.15, 0.2) is 0 Å². The van der Waals surface area contributed by atoms with E-state index in [4.69, 9.17) is 5.73 Å². The van der Waals surface area contributed by atoms with Crippen LogP contribution in [-0.4, -0.2) is 40.0 Å². The second-order valence-corrected chi connectivity index (χ2v) is 6.26. The lowest BCUT2D eigenvalue weighted by atomic mass is 10.0.